The van der Waals surface area contributed by atoms with Crippen LogP contribution in [0, 0.1) is 5.92 Å². The molecule has 0 aliphatic heterocycles. The van der Waals surface area contributed by atoms with Crippen LogP contribution in [0.2, 0.25) is 0 Å². The first-order valence-electron chi connectivity index (χ1n) is 5.26. The molecule has 1 atom stereocenters. The summed E-state index contributed by atoms with van der Waals surface area (Å²) in [5, 5.41) is 12.6. The second-order valence-corrected chi connectivity index (χ2v) is 4.04. The molecule has 2 N–H and O–H groups in total. The molecule has 0 radical (unpaired) electrons. The Hall–Kier alpha value is -1.49. The van der Waals surface area contributed by atoms with Crippen LogP contribution in [0.15, 0.2) is 12.3 Å². The Kier molecular flexibility index (Phi) is 1.92. The van der Waals surface area contributed by atoms with E-state index in [2.05, 4.69) is 15.3 Å². The number of fused-ring (bicyclic) bond motifs is 3. The second-order valence-electron chi connectivity index (χ2n) is 4.04. The highest BCUT2D eigenvalue weighted by Gasteiger charge is 2.21. The van der Waals surface area contributed by atoms with Crippen molar-refractivity contribution in [3.63, 3.8) is 0 Å². The van der Waals surface area contributed by atoms with Crippen LogP contribution in [0.25, 0.3) is 5.65 Å². The lowest BCUT2D eigenvalue weighted by Gasteiger charge is -2.22. The Balaban J connectivity index is 2.15. The summed E-state index contributed by atoms with van der Waals surface area (Å²) < 4.78 is 1.89. The van der Waals surface area contributed by atoms with E-state index in [1.54, 1.807) is 6.20 Å². The smallest absolute Gasteiger partial charge is 0.177 e. The second kappa shape index (κ2) is 3.27. The van der Waals surface area contributed by atoms with Gasteiger partial charge in [0.2, 0.25) is 0 Å². The average molecular weight is 203 g/mol. The molecule has 5 nitrogen and oxygen atoms in total. The van der Waals surface area contributed by atoms with Gasteiger partial charge in [-0.3, -0.25) is 0 Å². The zero-order chi connectivity index (χ0) is 10.3. The summed E-state index contributed by atoms with van der Waals surface area (Å²) >= 11 is 0. The predicted octanol–water partition coefficient (Wildman–Crippen LogP) is 0.188. The molecule has 15 heavy (non-hydrogen) atoms. The monoisotopic (exact) mass is 203 g/mol. The van der Waals surface area contributed by atoms with Crippen LogP contribution < -0.4 is 5.73 Å². The molecule has 0 spiro atoms. The minimum absolute atomic E-state index is 0.564. The lowest BCUT2D eigenvalue weighted by Crippen LogP contribution is -2.25. The number of rotatable bonds is 1. The number of hydrogen-bond donors (Lipinski definition) is 1. The molecule has 0 fully saturated rings. The molecule has 2 heterocycles. The molecule has 0 aromatic carbocycles. The highest BCUT2D eigenvalue weighted by atomic mass is 15.3. The molecule has 2 aromatic heterocycles. The maximum absolute atomic E-state index is 5.71. The predicted molar refractivity (Wildman–Crippen MR) is 55.4 cm³/mol. The Labute approximate surface area is 87.3 Å². The zero-order valence-electron chi connectivity index (χ0n) is 8.43. The number of aryl methyl sites for hydroxylation is 1. The highest BCUT2D eigenvalue weighted by molar-refractivity contribution is 5.37. The van der Waals surface area contributed by atoms with Crippen LogP contribution in [-0.2, 0) is 12.8 Å². The minimum Gasteiger partial charge on any atom is -0.330 e. The fraction of sp³-hybridized carbons (Fsp3) is 0.500. The van der Waals surface area contributed by atoms with Crippen molar-refractivity contribution in [1.29, 1.82) is 0 Å². The van der Waals surface area contributed by atoms with Gasteiger partial charge in [-0.05, 0) is 31.7 Å². The topological polar surface area (TPSA) is 69.1 Å². The third kappa shape index (κ3) is 1.31. The van der Waals surface area contributed by atoms with E-state index in [0.29, 0.717) is 5.92 Å². The minimum atomic E-state index is 0.564. The maximum atomic E-state index is 5.71. The summed E-state index contributed by atoms with van der Waals surface area (Å²) in [4.78, 5) is 0. The van der Waals surface area contributed by atoms with E-state index < -0.39 is 0 Å². The summed E-state index contributed by atoms with van der Waals surface area (Å²) in [6, 6.07) is 1.87. The van der Waals surface area contributed by atoms with E-state index in [1.807, 2.05) is 10.6 Å². The van der Waals surface area contributed by atoms with Gasteiger partial charge in [-0.15, -0.1) is 5.10 Å². The largest absolute Gasteiger partial charge is 0.330 e. The van der Waals surface area contributed by atoms with Gasteiger partial charge in [0.15, 0.2) is 5.65 Å². The molecule has 5 heteroatoms. The van der Waals surface area contributed by atoms with Crippen LogP contribution in [-0.4, -0.2) is 26.4 Å². The fourth-order valence-electron chi connectivity index (χ4n) is 2.19. The normalized spacial score (nSPS) is 20.5. The van der Waals surface area contributed by atoms with E-state index in [1.165, 1.54) is 5.69 Å². The Morgan fingerprint density at radius 1 is 1.47 bits per heavy atom. The van der Waals surface area contributed by atoms with Gasteiger partial charge in [0.25, 0.3) is 0 Å². The highest BCUT2D eigenvalue weighted by Crippen LogP contribution is 2.22. The van der Waals surface area contributed by atoms with Crippen molar-refractivity contribution in [1.82, 2.24) is 19.8 Å². The van der Waals surface area contributed by atoms with Gasteiger partial charge in [0.1, 0.15) is 0 Å². The number of aromatic nitrogens is 4. The molecule has 0 saturated carbocycles. The van der Waals surface area contributed by atoms with Gasteiger partial charge in [-0.1, -0.05) is 0 Å². The van der Waals surface area contributed by atoms with Gasteiger partial charge in [-0.25, -0.2) is 4.52 Å². The summed E-state index contributed by atoms with van der Waals surface area (Å²) in [7, 11) is 0. The first-order valence-corrected chi connectivity index (χ1v) is 5.26. The van der Waals surface area contributed by atoms with E-state index in [9.17, 15) is 0 Å². The Morgan fingerprint density at radius 3 is 3.27 bits per heavy atom. The fourth-order valence-corrected chi connectivity index (χ4v) is 2.19. The maximum Gasteiger partial charge on any atom is 0.177 e. The lowest BCUT2D eigenvalue weighted by atomic mass is 9.90. The van der Waals surface area contributed by atoms with Gasteiger partial charge in [-0.2, -0.15) is 10.2 Å². The summed E-state index contributed by atoms with van der Waals surface area (Å²) in [5.41, 5.74) is 8.81. The van der Waals surface area contributed by atoms with Crippen molar-refractivity contribution in [3.8, 4) is 0 Å². The van der Waals surface area contributed by atoms with Crippen molar-refractivity contribution < 1.29 is 0 Å². The molecule has 3 rings (SSSR count). The van der Waals surface area contributed by atoms with Crippen molar-refractivity contribution >= 4 is 5.65 Å². The van der Waals surface area contributed by atoms with Crippen LogP contribution >= 0.6 is 0 Å². The molecular weight excluding hydrogens is 190 g/mol. The van der Waals surface area contributed by atoms with Crippen molar-refractivity contribution in [2.24, 2.45) is 11.7 Å². The van der Waals surface area contributed by atoms with E-state index in [0.717, 1.165) is 37.1 Å². The molecule has 0 saturated heterocycles. The molecule has 1 aliphatic rings. The number of nitrogens with two attached hydrogens (primary N) is 1. The third-order valence-electron chi connectivity index (χ3n) is 3.09. The average Bonchev–Trinajstić information content (AvgIpc) is 2.76. The van der Waals surface area contributed by atoms with E-state index in [-0.39, 0.29) is 0 Å². The first-order chi connectivity index (χ1) is 7.38. The van der Waals surface area contributed by atoms with Gasteiger partial charge < -0.3 is 5.73 Å². The SMILES string of the molecule is NCC1CCc2nnc3ccnn3c2C1. The number of hydrogen-bond acceptors (Lipinski definition) is 4. The summed E-state index contributed by atoms with van der Waals surface area (Å²) in [6.45, 7) is 0.741. The van der Waals surface area contributed by atoms with Crippen LogP contribution in [0.1, 0.15) is 17.8 Å². The quantitative estimate of drug-likeness (QED) is 0.718. The van der Waals surface area contributed by atoms with Gasteiger partial charge in [0.05, 0.1) is 17.6 Å². The molecule has 1 unspecified atom stereocenters. The third-order valence-corrected chi connectivity index (χ3v) is 3.09. The Bertz CT molecular complexity index is 490. The van der Waals surface area contributed by atoms with Crippen LogP contribution in [0.4, 0.5) is 0 Å². The van der Waals surface area contributed by atoms with Crippen molar-refractivity contribution in [2.75, 3.05) is 6.54 Å². The summed E-state index contributed by atoms with van der Waals surface area (Å²) in [5.74, 6) is 0.564. The Morgan fingerprint density at radius 2 is 2.40 bits per heavy atom. The van der Waals surface area contributed by atoms with Crippen LogP contribution in [0.3, 0.4) is 0 Å². The molecule has 78 valence electrons. The van der Waals surface area contributed by atoms with Gasteiger partial charge >= 0.3 is 0 Å². The van der Waals surface area contributed by atoms with Crippen LogP contribution in [0.5, 0.6) is 0 Å². The van der Waals surface area contributed by atoms with Crippen molar-refractivity contribution in [3.05, 3.63) is 23.7 Å². The van der Waals surface area contributed by atoms with Gasteiger partial charge in [0, 0.05) is 6.07 Å². The lowest BCUT2D eigenvalue weighted by molar-refractivity contribution is 0.444. The molecular formula is C10H13N5. The van der Waals surface area contributed by atoms with E-state index >= 15 is 0 Å². The number of nitrogens with zero attached hydrogens (tertiary/aromatic N) is 4. The standard InChI is InChI=1S/C10H13N5/c11-6-7-1-2-8-9(5-7)15-10(14-13-8)3-4-12-15/h3-4,7H,1-2,5-6,11H2. The molecule has 0 bridgehead atoms. The summed E-state index contributed by atoms with van der Waals surface area (Å²) in [6.07, 6.45) is 4.82. The molecule has 2 aromatic rings. The first kappa shape index (κ1) is 8.79. The molecule has 1 aliphatic carbocycles. The zero-order valence-corrected chi connectivity index (χ0v) is 8.43. The molecule has 0 amide bonds. The van der Waals surface area contributed by atoms with Crippen molar-refractivity contribution in [2.45, 2.75) is 19.3 Å². The van der Waals surface area contributed by atoms with E-state index in [4.69, 9.17) is 5.73 Å².